The molecule has 1 amide bonds. The van der Waals surface area contributed by atoms with Crippen molar-refractivity contribution in [2.45, 2.75) is 38.2 Å². The van der Waals surface area contributed by atoms with Crippen molar-refractivity contribution in [3.63, 3.8) is 0 Å². The van der Waals surface area contributed by atoms with Gasteiger partial charge in [-0.2, -0.15) is 0 Å². The summed E-state index contributed by atoms with van der Waals surface area (Å²) in [5.41, 5.74) is 2.74. The first-order chi connectivity index (χ1) is 16.8. The number of hydrogen-bond donors (Lipinski definition) is 2. The van der Waals surface area contributed by atoms with Crippen LogP contribution in [0.15, 0.2) is 89.8 Å². The number of nitrogens with one attached hydrogen (secondary N) is 2. The van der Waals surface area contributed by atoms with Crippen molar-refractivity contribution >= 4 is 38.1 Å². The molecule has 0 unspecified atom stereocenters. The van der Waals surface area contributed by atoms with Gasteiger partial charge in [0.15, 0.2) is 6.10 Å². The molecule has 0 saturated carbocycles. The van der Waals surface area contributed by atoms with Gasteiger partial charge >= 0.3 is 0 Å². The Bertz CT molecular complexity index is 1440. The Hall–Kier alpha value is -3.84. The first-order valence-electron chi connectivity index (χ1n) is 11.4. The molecule has 0 bridgehead atoms. The molecule has 0 radical (unpaired) electrons. The Kier molecular flexibility index (Phi) is 7.07. The summed E-state index contributed by atoms with van der Waals surface area (Å²) < 4.78 is 34.4. The van der Waals surface area contributed by atoms with E-state index in [-0.39, 0.29) is 10.8 Å². The van der Waals surface area contributed by atoms with E-state index in [1.807, 2.05) is 81.4 Å². The number of hydrogen-bond acceptors (Lipinski definition) is 4. The predicted molar refractivity (Wildman–Crippen MR) is 140 cm³/mol. The lowest BCUT2D eigenvalue weighted by Crippen LogP contribution is -2.32. The molecular formula is C28H28N2O4S. The topological polar surface area (TPSA) is 84.5 Å². The monoisotopic (exact) mass is 488 g/mol. The summed E-state index contributed by atoms with van der Waals surface area (Å²) in [6.45, 7) is 5.58. The highest BCUT2D eigenvalue weighted by Crippen LogP contribution is 2.25. The molecule has 0 aliphatic heterocycles. The zero-order valence-corrected chi connectivity index (χ0v) is 20.7. The van der Waals surface area contributed by atoms with E-state index in [1.165, 1.54) is 12.1 Å². The summed E-state index contributed by atoms with van der Waals surface area (Å²) in [6.07, 6.45) is -0.213. The molecule has 0 spiro atoms. The zero-order chi connectivity index (χ0) is 25.0. The first-order valence-corrected chi connectivity index (χ1v) is 12.9. The lowest BCUT2D eigenvalue weighted by molar-refractivity contribution is -0.122. The number of rotatable bonds is 8. The summed E-state index contributed by atoms with van der Waals surface area (Å²) in [5, 5.41) is 4.95. The van der Waals surface area contributed by atoms with Crippen LogP contribution in [0.3, 0.4) is 0 Å². The molecule has 0 heterocycles. The number of ether oxygens (including phenoxy) is 1. The molecule has 35 heavy (non-hydrogen) atoms. The number of para-hydroxylation sites is 1. The highest BCUT2D eigenvalue weighted by Gasteiger charge is 2.20. The van der Waals surface area contributed by atoms with Gasteiger partial charge < -0.3 is 10.1 Å². The Morgan fingerprint density at radius 1 is 0.857 bits per heavy atom. The summed E-state index contributed by atoms with van der Waals surface area (Å²) in [4.78, 5) is 13.0. The Balaban J connectivity index is 1.44. The van der Waals surface area contributed by atoms with E-state index in [1.54, 1.807) is 12.1 Å². The maximum atomic E-state index is 12.9. The van der Waals surface area contributed by atoms with Crippen LogP contribution in [0.4, 0.5) is 11.4 Å². The predicted octanol–water partition coefficient (Wildman–Crippen LogP) is 6.05. The van der Waals surface area contributed by atoms with E-state index in [0.717, 1.165) is 21.9 Å². The van der Waals surface area contributed by atoms with Gasteiger partial charge in [-0.05, 0) is 78.6 Å². The maximum Gasteiger partial charge on any atom is 0.265 e. The van der Waals surface area contributed by atoms with Crippen molar-refractivity contribution in [2.75, 3.05) is 10.0 Å². The average Bonchev–Trinajstić information content (AvgIpc) is 2.85. The summed E-state index contributed by atoms with van der Waals surface area (Å²) in [7, 11) is -3.77. The molecule has 7 heteroatoms. The number of benzene rings is 4. The number of anilines is 2. The molecule has 2 N–H and O–H groups in total. The van der Waals surface area contributed by atoms with Crippen LogP contribution in [0.5, 0.6) is 5.75 Å². The van der Waals surface area contributed by atoms with Crippen molar-refractivity contribution in [3.8, 4) is 5.75 Å². The smallest absolute Gasteiger partial charge is 0.265 e. The molecule has 0 fully saturated rings. The lowest BCUT2D eigenvalue weighted by Gasteiger charge is -2.18. The number of amides is 1. The molecule has 0 aliphatic carbocycles. The third kappa shape index (κ3) is 5.63. The molecule has 0 aliphatic rings. The molecule has 4 rings (SSSR count). The van der Waals surface area contributed by atoms with Crippen LogP contribution < -0.4 is 14.8 Å². The summed E-state index contributed by atoms with van der Waals surface area (Å²) in [5.74, 6) is 0.314. The lowest BCUT2D eigenvalue weighted by atomic mass is 10.1. The highest BCUT2D eigenvalue weighted by molar-refractivity contribution is 7.92. The standard InChI is InChI=1S/C28H28N2O4S/c1-4-26(34-24-15-12-21-10-5-6-11-22(21)18-24)28(31)29-23-13-16-25(17-14-23)35(32,33)30-27-19(2)8-7-9-20(27)3/h5-18,26,30H,4H2,1-3H3,(H,29,31)/t26-/m0/s1. The Morgan fingerprint density at radius 2 is 1.51 bits per heavy atom. The third-order valence-electron chi connectivity index (χ3n) is 5.81. The number of carbonyl (C=O) groups is 1. The van der Waals surface area contributed by atoms with Gasteiger partial charge in [-0.3, -0.25) is 9.52 Å². The number of aryl methyl sites for hydroxylation is 2. The SMILES string of the molecule is CC[C@H](Oc1ccc2ccccc2c1)C(=O)Nc1ccc(S(=O)(=O)Nc2c(C)cccc2C)cc1. The van der Waals surface area contributed by atoms with Gasteiger partial charge in [0, 0.05) is 5.69 Å². The minimum absolute atomic E-state index is 0.109. The summed E-state index contributed by atoms with van der Waals surface area (Å²) in [6, 6.07) is 25.3. The van der Waals surface area contributed by atoms with Crippen LogP contribution in [-0.4, -0.2) is 20.4 Å². The van der Waals surface area contributed by atoms with Crippen molar-refractivity contribution in [1.29, 1.82) is 0 Å². The number of carbonyl (C=O) groups excluding carboxylic acids is 1. The highest BCUT2D eigenvalue weighted by atomic mass is 32.2. The van der Waals surface area contributed by atoms with E-state index in [0.29, 0.717) is 23.5 Å². The molecule has 4 aromatic rings. The second kappa shape index (κ2) is 10.2. The molecule has 6 nitrogen and oxygen atoms in total. The first kappa shape index (κ1) is 24.3. The van der Waals surface area contributed by atoms with Crippen LogP contribution in [0.1, 0.15) is 24.5 Å². The number of sulfonamides is 1. The average molecular weight is 489 g/mol. The van der Waals surface area contributed by atoms with Gasteiger partial charge in [0.2, 0.25) is 0 Å². The van der Waals surface area contributed by atoms with Gasteiger partial charge in [-0.1, -0.05) is 55.5 Å². The molecule has 0 aromatic heterocycles. The van der Waals surface area contributed by atoms with E-state index < -0.39 is 16.1 Å². The third-order valence-corrected chi connectivity index (χ3v) is 7.18. The van der Waals surface area contributed by atoms with E-state index >= 15 is 0 Å². The quantitative estimate of drug-likeness (QED) is 0.316. The van der Waals surface area contributed by atoms with E-state index in [9.17, 15) is 13.2 Å². The van der Waals surface area contributed by atoms with Gasteiger partial charge in [-0.15, -0.1) is 0 Å². The van der Waals surface area contributed by atoms with Crippen molar-refractivity contribution in [2.24, 2.45) is 0 Å². The Labute approximate surface area is 206 Å². The van der Waals surface area contributed by atoms with Crippen molar-refractivity contribution < 1.29 is 17.9 Å². The second-order valence-electron chi connectivity index (χ2n) is 8.41. The fourth-order valence-electron chi connectivity index (χ4n) is 3.84. The minimum atomic E-state index is -3.77. The molecule has 4 aromatic carbocycles. The maximum absolute atomic E-state index is 12.9. The fraction of sp³-hybridized carbons (Fsp3) is 0.179. The van der Waals surface area contributed by atoms with E-state index in [2.05, 4.69) is 10.0 Å². The molecule has 0 saturated heterocycles. The zero-order valence-electron chi connectivity index (χ0n) is 19.9. The Morgan fingerprint density at radius 3 is 2.17 bits per heavy atom. The molecule has 1 atom stereocenters. The second-order valence-corrected chi connectivity index (χ2v) is 10.1. The van der Waals surface area contributed by atoms with Crippen molar-refractivity contribution in [1.82, 2.24) is 0 Å². The van der Waals surface area contributed by atoms with Crippen molar-refractivity contribution in [3.05, 3.63) is 96.1 Å². The van der Waals surface area contributed by atoms with E-state index in [4.69, 9.17) is 4.74 Å². The normalized spacial score (nSPS) is 12.2. The fourth-order valence-corrected chi connectivity index (χ4v) is 5.04. The molecular weight excluding hydrogens is 460 g/mol. The van der Waals surface area contributed by atoms with Crippen LogP contribution in [0, 0.1) is 13.8 Å². The van der Waals surface area contributed by atoms with Gasteiger partial charge in [0.25, 0.3) is 15.9 Å². The van der Waals surface area contributed by atoms with Crippen LogP contribution >= 0.6 is 0 Å². The number of fused-ring (bicyclic) bond motifs is 1. The summed E-state index contributed by atoms with van der Waals surface area (Å²) >= 11 is 0. The van der Waals surface area contributed by atoms with Gasteiger partial charge in [0.1, 0.15) is 5.75 Å². The van der Waals surface area contributed by atoms with Crippen LogP contribution in [-0.2, 0) is 14.8 Å². The van der Waals surface area contributed by atoms with Gasteiger partial charge in [-0.25, -0.2) is 8.42 Å². The van der Waals surface area contributed by atoms with Gasteiger partial charge in [0.05, 0.1) is 10.6 Å². The minimum Gasteiger partial charge on any atom is -0.481 e. The van der Waals surface area contributed by atoms with Crippen LogP contribution in [0.2, 0.25) is 0 Å². The largest absolute Gasteiger partial charge is 0.481 e. The van der Waals surface area contributed by atoms with Crippen LogP contribution in [0.25, 0.3) is 10.8 Å². The molecule has 180 valence electrons.